The monoisotopic (exact) mass is 213 g/mol. The largest absolute Gasteiger partial charge is 0.460 e. The molecule has 1 fully saturated rings. The van der Waals surface area contributed by atoms with Crippen molar-refractivity contribution in [1.82, 2.24) is 5.32 Å². The number of ether oxygens (including phenoxy) is 1. The highest BCUT2D eigenvalue weighted by molar-refractivity contribution is 5.85. The van der Waals surface area contributed by atoms with Gasteiger partial charge in [0, 0.05) is 6.04 Å². The lowest BCUT2D eigenvalue weighted by atomic mass is 10.0. The predicted octanol–water partition coefficient (Wildman–Crippen LogP) is 1.24. The van der Waals surface area contributed by atoms with Gasteiger partial charge < -0.3 is 10.1 Å². The van der Waals surface area contributed by atoms with Gasteiger partial charge in [-0.25, -0.2) is 0 Å². The van der Waals surface area contributed by atoms with Crippen molar-refractivity contribution in [2.45, 2.75) is 52.2 Å². The molecule has 1 amide bonds. The summed E-state index contributed by atoms with van der Waals surface area (Å²) in [6.07, 6.45) is 0.908. The number of hydrogen-bond donors (Lipinski definition) is 1. The second kappa shape index (κ2) is 4.21. The molecule has 1 heterocycles. The van der Waals surface area contributed by atoms with Crippen LogP contribution >= 0.6 is 0 Å². The zero-order valence-corrected chi connectivity index (χ0v) is 9.79. The Bertz CT molecular complexity index is 267. The molecule has 0 aliphatic carbocycles. The van der Waals surface area contributed by atoms with Gasteiger partial charge in [-0.15, -0.1) is 0 Å². The SMILES string of the molecule is C[C@H]1C[C@H](CC(=O)OC(C)(C)C)C(=O)N1. The summed E-state index contributed by atoms with van der Waals surface area (Å²) < 4.78 is 5.16. The van der Waals surface area contributed by atoms with Crippen LogP contribution < -0.4 is 5.32 Å². The van der Waals surface area contributed by atoms with Gasteiger partial charge >= 0.3 is 5.97 Å². The molecule has 0 saturated carbocycles. The maximum absolute atomic E-state index is 11.5. The van der Waals surface area contributed by atoms with E-state index < -0.39 is 5.60 Å². The van der Waals surface area contributed by atoms with E-state index in [-0.39, 0.29) is 30.3 Å². The molecule has 4 nitrogen and oxygen atoms in total. The third-order valence-electron chi connectivity index (χ3n) is 2.23. The highest BCUT2D eigenvalue weighted by atomic mass is 16.6. The molecule has 0 unspecified atom stereocenters. The van der Waals surface area contributed by atoms with Crippen LogP contribution in [0.2, 0.25) is 0 Å². The molecule has 0 aromatic heterocycles. The molecule has 0 bridgehead atoms. The number of nitrogens with one attached hydrogen (secondary N) is 1. The van der Waals surface area contributed by atoms with Crippen LogP contribution in [0.3, 0.4) is 0 Å². The standard InChI is InChI=1S/C11H19NO3/c1-7-5-8(10(14)12-7)6-9(13)15-11(2,3)4/h7-8H,5-6H2,1-4H3,(H,12,14)/t7-,8+/m0/s1. The molecule has 0 radical (unpaired) electrons. The first-order valence-corrected chi connectivity index (χ1v) is 5.30. The Balaban J connectivity index is 2.42. The van der Waals surface area contributed by atoms with Gasteiger partial charge in [0.05, 0.1) is 12.3 Å². The highest BCUT2D eigenvalue weighted by Crippen LogP contribution is 2.20. The van der Waals surface area contributed by atoms with Crippen LogP contribution in [0.4, 0.5) is 0 Å². The molecule has 86 valence electrons. The number of carbonyl (C=O) groups excluding carboxylic acids is 2. The molecular formula is C11H19NO3. The summed E-state index contributed by atoms with van der Waals surface area (Å²) in [4.78, 5) is 22.8. The van der Waals surface area contributed by atoms with Crippen molar-refractivity contribution in [3.63, 3.8) is 0 Å². The Hall–Kier alpha value is -1.06. The van der Waals surface area contributed by atoms with Crippen LogP contribution in [0.1, 0.15) is 40.5 Å². The summed E-state index contributed by atoms with van der Waals surface area (Å²) in [6.45, 7) is 7.40. The third kappa shape index (κ3) is 3.90. The lowest BCUT2D eigenvalue weighted by molar-refractivity contribution is -0.156. The van der Waals surface area contributed by atoms with Crippen LogP contribution in [-0.4, -0.2) is 23.5 Å². The minimum absolute atomic E-state index is 0.0339. The van der Waals surface area contributed by atoms with Crippen molar-refractivity contribution < 1.29 is 14.3 Å². The Morgan fingerprint density at radius 3 is 2.53 bits per heavy atom. The van der Waals surface area contributed by atoms with Crippen molar-refractivity contribution in [3.05, 3.63) is 0 Å². The van der Waals surface area contributed by atoms with Crippen molar-refractivity contribution >= 4 is 11.9 Å². The number of esters is 1. The molecule has 1 saturated heterocycles. The predicted molar refractivity (Wildman–Crippen MR) is 56.2 cm³/mol. The van der Waals surface area contributed by atoms with Gasteiger partial charge in [0.1, 0.15) is 5.60 Å². The Morgan fingerprint density at radius 2 is 2.13 bits per heavy atom. The summed E-state index contributed by atoms with van der Waals surface area (Å²) in [7, 11) is 0. The topological polar surface area (TPSA) is 55.4 Å². The average molecular weight is 213 g/mol. The first-order valence-electron chi connectivity index (χ1n) is 5.30. The molecule has 2 atom stereocenters. The van der Waals surface area contributed by atoms with E-state index in [4.69, 9.17) is 4.74 Å². The lowest BCUT2D eigenvalue weighted by Crippen LogP contribution is -2.28. The normalized spacial score (nSPS) is 26.3. The minimum Gasteiger partial charge on any atom is -0.460 e. The second-order valence-corrected chi connectivity index (χ2v) is 5.13. The molecule has 0 spiro atoms. The highest BCUT2D eigenvalue weighted by Gasteiger charge is 2.32. The zero-order chi connectivity index (χ0) is 11.6. The van der Waals surface area contributed by atoms with E-state index in [1.807, 2.05) is 27.7 Å². The maximum Gasteiger partial charge on any atom is 0.307 e. The molecule has 15 heavy (non-hydrogen) atoms. The van der Waals surface area contributed by atoms with E-state index in [1.165, 1.54) is 0 Å². The van der Waals surface area contributed by atoms with Crippen molar-refractivity contribution in [2.24, 2.45) is 5.92 Å². The fourth-order valence-corrected chi connectivity index (χ4v) is 1.71. The summed E-state index contributed by atoms with van der Waals surface area (Å²) in [5.41, 5.74) is -0.474. The number of rotatable bonds is 2. The molecule has 0 aromatic carbocycles. The molecule has 1 N–H and O–H groups in total. The van der Waals surface area contributed by atoms with E-state index in [0.717, 1.165) is 6.42 Å². The van der Waals surface area contributed by atoms with Crippen LogP contribution in [0.5, 0.6) is 0 Å². The number of amides is 1. The molecule has 1 rings (SSSR count). The molecule has 0 aromatic rings. The fourth-order valence-electron chi connectivity index (χ4n) is 1.71. The van der Waals surface area contributed by atoms with E-state index in [1.54, 1.807) is 0 Å². The molecule has 4 heteroatoms. The van der Waals surface area contributed by atoms with Crippen LogP contribution in [0.25, 0.3) is 0 Å². The van der Waals surface area contributed by atoms with Gasteiger partial charge in [-0.2, -0.15) is 0 Å². The van der Waals surface area contributed by atoms with Gasteiger partial charge in [-0.1, -0.05) is 0 Å². The maximum atomic E-state index is 11.5. The summed E-state index contributed by atoms with van der Waals surface area (Å²) in [5, 5.41) is 2.79. The van der Waals surface area contributed by atoms with Crippen LogP contribution in [-0.2, 0) is 14.3 Å². The van der Waals surface area contributed by atoms with E-state index in [0.29, 0.717) is 0 Å². The first kappa shape index (κ1) is 12.0. The number of carbonyl (C=O) groups is 2. The Kier molecular flexibility index (Phi) is 3.37. The summed E-state index contributed by atoms with van der Waals surface area (Å²) in [5.74, 6) is -0.542. The van der Waals surface area contributed by atoms with Gasteiger partial charge in [-0.3, -0.25) is 9.59 Å². The Labute approximate surface area is 90.4 Å². The van der Waals surface area contributed by atoms with Crippen molar-refractivity contribution in [3.8, 4) is 0 Å². The molecule has 1 aliphatic rings. The lowest BCUT2D eigenvalue weighted by Gasteiger charge is -2.20. The molecule has 1 aliphatic heterocycles. The average Bonchev–Trinajstić information content (AvgIpc) is 2.25. The van der Waals surface area contributed by atoms with Gasteiger partial charge in [-0.05, 0) is 34.1 Å². The Morgan fingerprint density at radius 1 is 1.53 bits per heavy atom. The quantitative estimate of drug-likeness (QED) is 0.702. The number of hydrogen-bond acceptors (Lipinski definition) is 3. The fraction of sp³-hybridized carbons (Fsp3) is 0.818. The van der Waals surface area contributed by atoms with Crippen molar-refractivity contribution in [2.75, 3.05) is 0 Å². The smallest absolute Gasteiger partial charge is 0.307 e. The zero-order valence-electron chi connectivity index (χ0n) is 9.79. The van der Waals surface area contributed by atoms with Gasteiger partial charge in [0.2, 0.25) is 5.91 Å². The van der Waals surface area contributed by atoms with E-state index in [2.05, 4.69) is 5.32 Å². The van der Waals surface area contributed by atoms with Gasteiger partial charge in [0.15, 0.2) is 0 Å². The third-order valence-corrected chi connectivity index (χ3v) is 2.23. The van der Waals surface area contributed by atoms with Gasteiger partial charge in [0.25, 0.3) is 0 Å². The summed E-state index contributed by atoms with van der Waals surface area (Å²) in [6, 6.07) is 0.171. The van der Waals surface area contributed by atoms with Crippen molar-refractivity contribution in [1.29, 1.82) is 0 Å². The molecular weight excluding hydrogens is 194 g/mol. The van der Waals surface area contributed by atoms with Crippen LogP contribution in [0, 0.1) is 5.92 Å². The van der Waals surface area contributed by atoms with Crippen LogP contribution in [0.15, 0.2) is 0 Å². The minimum atomic E-state index is -0.474. The van der Waals surface area contributed by atoms with E-state index >= 15 is 0 Å². The first-order chi connectivity index (χ1) is 6.78. The summed E-state index contributed by atoms with van der Waals surface area (Å²) >= 11 is 0. The second-order valence-electron chi connectivity index (χ2n) is 5.13. The van der Waals surface area contributed by atoms with E-state index in [9.17, 15) is 9.59 Å².